The van der Waals surface area contributed by atoms with Crippen molar-refractivity contribution >= 4 is 58.3 Å². The monoisotopic (exact) mass is 320 g/mol. The van der Waals surface area contributed by atoms with E-state index in [1.54, 1.807) is 11.8 Å². The quantitative estimate of drug-likeness (QED) is 0.352. The van der Waals surface area contributed by atoms with Crippen LogP contribution >= 0.6 is 48.0 Å². The number of hydrogen-bond acceptors (Lipinski definition) is 6. The number of nitrogens with zero attached hydrogens (tertiary/aromatic N) is 2. The van der Waals surface area contributed by atoms with Crippen molar-refractivity contribution in [2.45, 2.75) is 19.3 Å². The SMILES string of the molecule is CSC=CCCN=C=S.CSCCCCN=C=S. The average molecular weight is 321 g/mol. The molecule has 0 radical (unpaired) electrons. The molecular formula is C12H20N2S4. The van der Waals surface area contributed by atoms with Crippen LogP contribution in [0.5, 0.6) is 0 Å². The van der Waals surface area contributed by atoms with Crippen LogP contribution in [0.4, 0.5) is 0 Å². The molecule has 0 saturated heterocycles. The van der Waals surface area contributed by atoms with Crippen LogP contribution in [0.3, 0.4) is 0 Å². The molecule has 2 nitrogen and oxygen atoms in total. The molecule has 0 N–H and O–H groups in total. The standard InChI is InChI=1S/C6H11NS2.C6H9NS2/c2*1-9-5-3-2-4-7-6-8/h2-5H2,1H3;3,5H,2,4H2,1H3. The van der Waals surface area contributed by atoms with E-state index in [4.69, 9.17) is 0 Å². The average Bonchev–Trinajstić information content (AvgIpc) is 2.39. The fourth-order valence-corrected chi connectivity index (χ4v) is 1.84. The van der Waals surface area contributed by atoms with Gasteiger partial charge in [-0.1, -0.05) is 6.08 Å². The summed E-state index contributed by atoms with van der Waals surface area (Å²) in [7, 11) is 0. The molecule has 102 valence electrons. The van der Waals surface area contributed by atoms with Gasteiger partial charge in [0, 0.05) is 6.54 Å². The third-order valence-corrected chi connectivity index (χ3v) is 3.06. The van der Waals surface area contributed by atoms with Gasteiger partial charge in [-0.15, -0.1) is 11.8 Å². The van der Waals surface area contributed by atoms with E-state index in [-0.39, 0.29) is 0 Å². The van der Waals surface area contributed by atoms with Gasteiger partial charge in [-0.3, -0.25) is 0 Å². The lowest BCUT2D eigenvalue weighted by Gasteiger charge is -1.91. The zero-order chi connectivity index (χ0) is 13.9. The Bertz CT molecular complexity index is 280. The Morgan fingerprint density at radius 3 is 2.28 bits per heavy atom. The highest BCUT2D eigenvalue weighted by Gasteiger charge is 1.83. The topological polar surface area (TPSA) is 24.7 Å². The van der Waals surface area contributed by atoms with Crippen molar-refractivity contribution in [3.8, 4) is 0 Å². The van der Waals surface area contributed by atoms with Crippen LogP contribution in [0.1, 0.15) is 19.3 Å². The number of hydrogen-bond donors (Lipinski definition) is 0. The Hall–Kier alpha value is 0.0400. The van der Waals surface area contributed by atoms with Gasteiger partial charge in [0.05, 0.1) is 16.9 Å². The maximum absolute atomic E-state index is 4.41. The fraction of sp³-hybridized carbons (Fsp3) is 0.667. The second-order valence-electron chi connectivity index (χ2n) is 3.04. The maximum atomic E-state index is 4.41. The first-order valence-corrected chi connectivity index (χ1v) is 9.07. The molecule has 0 rings (SSSR count). The van der Waals surface area contributed by atoms with E-state index >= 15 is 0 Å². The number of thiocarbonyl (C=S) groups is 2. The van der Waals surface area contributed by atoms with Gasteiger partial charge in [0.15, 0.2) is 0 Å². The van der Waals surface area contributed by atoms with Gasteiger partial charge in [0.1, 0.15) is 0 Å². The molecular weight excluding hydrogens is 300 g/mol. The van der Waals surface area contributed by atoms with E-state index in [1.165, 1.54) is 12.2 Å². The molecule has 0 heterocycles. The van der Waals surface area contributed by atoms with Crippen molar-refractivity contribution in [2.24, 2.45) is 9.98 Å². The first-order chi connectivity index (χ1) is 8.83. The molecule has 0 amide bonds. The third-order valence-electron chi connectivity index (χ3n) is 1.64. The fourth-order valence-electron chi connectivity index (χ4n) is 0.832. The molecule has 0 fully saturated rings. The summed E-state index contributed by atoms with van der Waals surface area (Å²) in [6.07, 6.45) is 9.55. The Balaban J connectivity index is 0. The van der Waals surface area contributed by atoms with E-state index in [1.807, 2.05) is 23.4 Å². The largest absolute Gasteiger partial charge is 0.233 e. The molecule has 0 aromatic rings. The van der Waals surface area contributed by atoms with Crippen LogP contribution in [-0.2, 0) is 0 Å². The summed E-state index contributed by atoms with van der Waals surface area (Å²) >= 11 is 12.4. The molecule has 0 aromatic carbocycles. The summed E-state index contributed by atoms with van der Waals surface area (Å²) in [5.41, 5.74) is 0. The number of isothiocyanates is 2. The second-order valence-corrected chi connectivity index (χ2v) is 5.14. The summed E-state index contributed by atoms with van der Waals surface area (Å²) in [4.78, 5) is 7.55. The number of aliphatic imine (C=N–C) groups is 2. The van der Waals surface area contributed by atoms with Gasteiger partial charge < -0.3 is 0 Å². The summed E-state index contributed by atoms with van der Waals surface area (Å²) in [5.74, 6) is 1.23. The lowest BCUT2D eigenvalue weighted by atomic mass is 10.3. The molecule has 0 aromatic heterocycles. The molecule has 0 aliphatic carbocycles. The Morgan fingerprint density at radius 2 is 1.72 bits per heavy atom. The van der Waals surface area contributed by atoms with Gasteiger partial charge in [-0.25, -0.2) is 9.98 Å². The minimum absolute atomic E-state index is 0.764. The maximum Gasteiger partial charge on any atom is 0.0585 e. The van der Waals surface area contributed by atoms with Crippen LogP contribution in [0, 0.1) is 0 Å². The highest BCUT2D eigenvalue weighted by Crippen LogP contribution is 1.98. The van der Waals surface area contributed by atoms with Crippen molar-refractivity contribution in [1.29, 1.82) is 0 Å². The highest BCUT2D eigenvalue weighted by molar-refractivity contribution is 8.01. The van der Waals surface area contributed by atoms with Gasteiger partial charge in [-0.05, 0) is 67.4 Å². The zero-order valence-electron chi connectivity index (χ0n) is 10.9. The predicted octanol–water partition coefficient (Wildman–Crippen LogP) is 4.59. The van der Waals surface area contributed by atoms with Crippen LogP contribution < -0.4 is 0 Å². The number of thioether (sulfide) groups is 2. The van der Waals surface area contributed by atoms with Crippen molar-refractivity contribution in [3.05, 3.63) is 11.5 Å². The first kappa shape index (κ1) is 20.4. The molecule has 0 bridgehead atoms. The molecule has 18 heavy (non-hydrogen) atoms. The number of unbranched alkanes of at least 4 members (excludes halogenated alkanes) is 1. The summed E-state index contributed by atoms with van der Waals surface area (Å²) in [5, 5.41) is 6.70. The second kappa shape index (κ2) is 22.2. The van der Waals surface area contributed by atoms with Gasteiger partial charge in [0.25, 0.3) is 0 Å². The summed E-state index contributed by atoms with van der Waals surface area (Å²) in [6, 6.07) is 0. The minimum atomic E-state index is 0.764. The van der Waals surface area contributed by atoms with E-state index in [0.29, 0.717) is 0 Å². The molecule has 0 aliphatic heterocycles. The number of rotatable bonds is 9. The summed E-state index contributed by atoms with van der Waals surface area (Å²) < 4.78 is 0. The first-order valence-electron chi connectivity index (χ1n) is 5.57. The van der Waals surface area contributed by atoms with Gasteiger partial charge in [-0.2, -0.15) is 11.8 Å². The zero-order valence-corrected chi connectivity index (χ0v) is 14.2. The van der Waals surface area contributed by atoms with E-state index in [2.05, 4.69) is 57.1 Å². The van der Waals surface area contributed by atoms with E-state index in [9.17, 15) is 0 Å². The van der Waals surface area contributed by atoms with Crippen LogP contribution in [0.25, 0.3) is 0 Å². The van der Waals surface area contributed by atoms with Gasteiger partial charge >= 0.3 is 0 Å². The molecule has 0 atom stereocenters. The third kappa shape index (κ3) is 25.0. The lowest BCUT2D eigenvalue weighted by Crippen LogP contribution is -1.82. The minimum Gasteiger partial charge on any atom is -0.233 e. The van der Waals surface area contributed by atoms with Crippen LogP contribution in [-0.4, -0.2) is 41.7 Å². The van der Waals surface area contributed by atoms with Crippen LogP contribution in [0.2, 0.25) is 0 Å². The van der Waals surface area contributed by atoms with Crippen molar-refractivity contribution in [1.82, 2.24) is 0 Å². The summed E-state index contributed by atoms with van der Waals surface area (Å²) in [6.45, 7) is 1.62. The van der Waals surface area contributed by atoms with Crippen molar-refractivity contribution < 1.29 is 0 Å². The Labute approximate surface area is 130 Å². The lowest BCUT2D eigenvalue weighted by molar-refractivity contribution is 0.819. The van der Waals surface area contributed by atoms with Crippen molar-refractivity contribution in [3.63, 3.8) is 0 Å². The van der Waals surface area contributed by atoms with E-state index in [0.717, 1.165) is 25.9 Å². The Morgan fingerprint density at radius 1 is 1.06 bits per heavy atom. The smallest absolute Gasteiger partial charge is 0.0585 e. The van der Waals surface area contributed by atoms with Crippen LogP contribution in [0.15, 0.2) is 21.5 Å². The Kier molecular flexibility index (Phi) is 25.2. The molecule has 6 heteroatoms. The molecule has 0 spiro atoms. The normalized spacial score (nSPS) is 9.00. The molecule has 0 saturated carbocycles. The molecule has 0 aliphatic rings. The van der Waals surface area contributed by atoms with E-state index < -0.39 is 0 Å². The predicted molar refractivity (Wildman–Crippen MR) is 94.7 cm³/mol. The highest BCUT2D eigenvalue weighted by atomic mass is 32.2. The molecule has 0 unspecified atom stereocenters. The van der Waals surface area contributed by atoms with Crippen molar-refractivity contribution in [2.75, 3.05) is 31.4 Å². The van der Waals surface area contributed by atoms with Gasteiger partial charge in [0.2, 0.25) is 0 Å².